The highest BCUT2D eigenvalue weighted by Gasteiger charge is 2.22. The fourth-order valence-electron chi connectivity index (χ4n) is 3.99. The zero-order valence-electron chi connectivity index (χ0n) is 14.6. The first kappa shape index (κ1) is 15.3. The van der Waals surface area contributed by atoms with Crippen LogP contribution in [0, 0.1) is 6.92 Å². The third kappa shape index (κ3) is 2.33. The van der Waals surface area contributed by atoms with Gasteiger partial charge in [0.15, 0.2) is 5.82 Å². The van der Waals surface area contributed by atoms with Crippen LogP contribution in [0.4, 0.5) is 0 Å². The van der Waals surface area contributed by atoms with E-state index in [4.69, 9.17) is 4.98 Å². The van der Waals surface area contributed by atoms with Crippen molar-refractivity contribution in [1.29, 1.82) is 0 Å². The largest absolute Gasteiger partial charge is 0.349 e. The fourth-order valence-corrected chi connectivity index (χ4v) is 3.99. The van der Waals surface area contributed by atoms with Crippen LogP contribution in [-0.4, -0.2) is 32.2 Å². The van der Waals surface area contributed by atoms with E-state index in [2.05, 4.69) is 34.5 Å². The Kier molecular flexibility index (Phi) is 3.38. The molecule has 0 spiro atoms. The van der Waals surface area contributed by atoms with Gasteiger partial charge in [-0.3, -0.25) is 9.48 Å². The Hall–Kier alpha value is -3.02. The van der Waals surface area contributed by atoms with Crippen LogP contribution in [0.25, 0.3) is 22.8 Å². The summed E-state index contributed by atoms with van der Waals surface area (Å²) in [4.78, 5) is 21.3. The molecule has 2 aromatic heterocycles. The number of carbonyl (C=O) groups is 1. The maximum atomic E-state index is 12.0. The Bertz CT molecular complexity index is 1040. The number of benzene rings is 1. The maximum absolute atomic E-state index is 12.0. The molecule has 1 aromatic carbocycles. The van der Waals surface area contributed by atoms with Gasteiger partial charge < -0.3 is 5.32 Å². The summed E-state index contributed by atoms with van der Waals surface area (Å²) in [5.41, 5.74) is 7.34. The van der Waals surface area contributed by atoms with Gasteiger partial charge in [0.05, 0.1) is 12.2 Å². The summed E-state index contributed by atoms with van der Waals surface area (Å²) < 4.78 is 1.75. The first-order valence-corrected chi connectivity index (χ1v) is 9.02. The first-order valence-electron chi connectivity index (χ1n) is 9.02. The molecule has 130 valence electrons. The lowest BCUT2D eigenvalue weighted by atomic mass is 9.98. The molecule has 1 aliphatic carbocycles. The second-order valence-corrected chi connectivity index (χ2v) is 6.90. The smallest absolute Gasteiger partial charge is 0.269 e. The SMILES string of the molecule is Cc1ccc(-c2nccc(-c3cc4n(n3)CCNC4=O)n2)c2c1CCC2. The highest BCUT2D eigenvalue weighted by Crippen LogP contribution is 2.33. The van der Waals surface area contributed by atoms with Crippen molar-refractivity contribution in [3.8, 4) is 22.8 Å². The Morgan fingerprint density at radius 1 is 1.12 bits per heavy atom. The number of amides is 1. The third-order valence-electron chi connectivity index (χ3n) is 5.30. The minimum absolute atomic E-state index is 0.0827. The van der Waals surface area contributed by atoms with E-state index in [0.29, 0.717) is 24.5 Å². The number of nitrogens with zero attached hydrogens (tertiary/aromatic N) is 4. The highest BCUT2D eigenvalue weighted by atomic mass is 16.2. The number of rotatable bonds is 2. The lowest BCUT2D eigenvalue weighted by molar-refractivity contribution is 0.0924. The maximum Gasteiger partial charge on any atom is 0.269 e. The molecule has 2 aliphatic rings. The highest BCUT2D eigenvalue weighted by molar-refractivity contribution is 5.94. The number of nitrogens with one attached hydrogen (secondary N) is 1. The molecule has 0 fully saturated rings. The van der Waals surface area contributed by atoms with Crippen LogP contribution in [-0.2, 0) is 19.4 Å². The topological polar surface area (TPSA) is 72.7 Å². The standard InChI is InChI=1S/C20H19N5O/c1-12-5-6-15(14-4-2-3-13(12)14)19-21-8-7-16(23-19)17-11-18-20(26)22-9-10-25(18)24-17/h5-8,11H,2-4,9-10H2,1H3,(H,22,26). The van der Waals surface area contributed by atoms with Crippen LogP contribution in [0.1, 0.15) is 33.6 Å². The molecule has 0 saturated heterocycles. The molecule has 0 radical (unpaired) electrons. The first-order chi connectivity index (χ1) is 12.7. The summed E-state index contributed by atoms with van der Waals surface area (Å²) in [5, 5.41) is 7.40. The van der Waals surface area contributed by atoms with Crippen LogP contribution in [0.2, 0.25) is 0 Å². The van der Waals surface area contributed by atoms with E-state index < -0.39 is 0 Å². The molecule has 6 heteroatoms. The lowest BCUT2D eigenvalue weighted by Gasteiger charge is -2.13. The monoisotopic (exact) mass is 345 g/mol. The summed E-state index contributed by atoms with van der Waals surface area (Å²) in [6, 6.07) is 7.95. The molecular weight excluding hydrogens is 326 g/mol. The molecule has 3 heterocycles. The van der Waals surface area contributed by atoms with Gasteiger partial charge in [-0.2, -0.15) is 5.10 Å². The van der Waals surface area contributed by atoms with Gasteiger partial charge in [-0.15, -0.1) is 0 Å². The number of fused-ring (bicyclic) bond motifs is 2. The van der Waals surface area contributed by atoms with Crippen molar-refractivity contribution in [3.63, 3.8) is 0 Å². The van der Waals surface area contributed by atoms with E-state index >= 15 is 0 Å². The molecule has 0 atom stereocenters. The number of carbonyl (C=O) groups excluding carboxylic acids is 1. The average molecular weight is 345 g/mol. The summed E-state index contributed by atoms with van der Waals surface area (Å²) >= 11 is 0. The van der Waals surface area contributed by atoms with Crippen molar-refractivity contribution in [2.75, 3.05) is 6.54 Å². The van der Waals surface area contributed by atoms with Crippen molar-refractivity contribution in [1.82, 2.24) is 25.1 Å². The van der Waals surface area contributed by atoms with Crippen LogP contribution < -0.4 is 5.32 Å². The van der Waals surface area contributed by atoms with Gasteiger partial charge in [-0.25, -0.2) is 9.97 Å². The van der Waals surface area contributed by atoms with E-state index in [0.717, 1.165) is 29.9 Å². The third-order valence-corrected chi connectivity index (χ3v) is 5.30. The predicted octanol–water partition coefficient (Wildman–Crippen LogP) is 2.55. The second kappa shape index (κ2) is 5.76. The van der Waals surface area contributed by atoms with E-state index in [-0.39, 0.29) is 5.91 Å². The van der Waals surface area contributed by atoms with Gasteiger partial charge in [0, 0.05) is 18.3 Å². The average Bonchev–Trinajstić information content (AvgIpc) is 3.30. The van der Waals surface area contributed by atoms with Crippen molar-refractivity contribution >= 4 is 5.91 Å². The van der Waals surface area contributed by atoms with Crippen LogP contribution in [0.15, 0.2) is 30.5 Å². The lowest BCUT2D eigenvalue weighted by Crippen LogP contribution is -2.35. The van der Waals surface area contributed by atoms with Crippen molar-refractivity contribution < 1.29 is 4.79 Å². The summed E-state index contributed by atoms with van der Waals surface area (Å²) in [5.74, 6) is 0.650. The molecule has 0 saturated carbocycles. The van der Waals surface area contributed by atoms with Crippen molar-refractivity contribution in [2.45, 2.75) is 32.7 Å². The van der Waals surface area contributed by atoms with Gasteiger partial charge in [0.2, 0.25) is 0 Å². The van der Waals surface area contributed by atoms with E-state index in [1.165, 1.54) is 23.1 Å². The molecule has 0 unspecified atom stereocenters. The minimum Gasteiger partial charge on any atom is -0.349 e. The Morgan fingerprint density at radius 3 is 2.88 bits per heavy atom. The van der Waals surface area contributed by atoms with E-state index in [1.807, 2.05) is 6.07 Å². The Morgan fingerprint density at radius 2 is 2.00 bits per heavy atom. The fraction of sp³-hybridized carbons (Fsp3) is 0.300. The zero-order chi connectivity index (χ0) is 17.7. The quantitative estimate of drug-likeness (QED) is 0.775. The zero-order valence-corrected chi connectivity index (χ0v) is 14.6. The van der Waals surface area contributed by atoms with Gasteiger partial charge in [-0.1, -0.05) is 12.1 Å². The van der Waals surface area contributed by atoms with E-state index in [1.54, 1.807) is 16.9 Å². The Balaban J connectivity index is 1.59. The molecule has 5 rings (SSSR count). The van der Waals surface area contributed by atoms with Crippen LogP contribution in [0.5, 0.6) is 0 Å². The van der Waals surface area contributed by atoms with Crippen molar-refractivity contribution in [2.24, 2.45) is 0 Å². The number of aryl methyl sites for hydroxylation is 1. The van der Waals surface area contributed by atoms with Crippen LogP contribution in [0.3, 0.4) is 0 Å². The number of hydrogen-bond donors (Lipinski definition) is 1. The molecule has 6 nitrogen and oxygen atoms in total. The minimum atomic E-state index is -0.0827. The molecule has 3 aromatic rings. The van der Waals surface area contributed by atoms with E-state index in [9.17, 15) is 4.79 Å². The van der Waals surface area contributed by atoms with Gasteiger partial charge in [0.1, 0.15) is 11.4 Å². The van der Waals surface area contributed by atoms with Gasteiger partial charge in [0.25, 0.3) is 5.91 Å². The van der Waals surface area contributed by atoms with Crippen molar-refractivity contribution in [3.05, 3.63) is 52.8 Å². The molecule has 1 aliphatic heterocycles. The summed E-state index contributed by atoms with van der Waals surface area (Å²) in [6.45, 7) is 3.47. The normalized spacial score (nSPS) is 15.5. The molecule has 1 N–H and O–H groups in total. The number of hydrogen-bond acceptors (Lipinski definition) is 4. The van der Waals surface area contributed by atoms with Gasteiger partial charge >= 0.3 is 0 Å². The molecular formula is C20H19N5O. The summed E-state index contributed by atoms with van der Waals surface area (Å²) in [7, 11) is 0. The number of aromatic nitrogens is 4. The van der Waals surface area contributed by atoms with Gasteiger partial charge in [-0.05, 0) is 55.0 Å². The molecule has 26 heavy (non-hydrogen) atoms. The molecule has 0 bridgehead atoms. The van der Waals surface area contributed by atoms with Crippen LogP contribution >= 0.6 is 0 Å². The Labute approximate surface area is 151 Å². The predicted molar refractivity (Wildman–Crippen MR) is 97.8 cm³/mol. The summed E-state index contributed by atoms with van der Waals surface area (Å²) in [6.07, 6.45) is 5.18. The second-order valence-electron chi connectivity index (χ2n) is 6.90. The molecule has 1 amide bonds.